The van der Waals surface area contributed by atoms with E-state index in [0.717, 1.165) is 39.2 Å². The van der Waals surface area contributed by atoms with Gasteiger partial charge in [-0.05, 0) is 12.1 Å². The van der Waals surface area contributed by atoms with Crippen LogP contribution in [0.15, 0.2) is 24.3 Å². The van der Waals surface area contributed by atoms with Gasteiger partial charge in [-0.3, -0.25) is 0 Å². The smallest absolute Gasteiger partial charge is 0.326 e. The zero-order valence-corrected chi connectivity index (χ0v) is 8.02. The Balaban J connectivity index is 2.07. The fraction of sp³-hybridized carbons (Fsp3) is 0.400. The second kappa shape index (κ2) is 4.48. The number of rotatable bonds is 2. The average Bonchev–Trinajstić information content (AvgIpc) is 2.30. The molecule has 0 bridgehead atoms. The standard InChI is InChI=1S/C10H13BNO2/c13-11-9-1-3-10(4-2-9)12-5-7-14-8-6-12/h1-4,13H,5-8H2. The molecule has 1 aliphatic rings. The van der Waals surface area contributed by atoms with Gasteiger partial charge in [-0.2, -0.15) is 0 Å². The number of morpholine rings is 1. The number of nitrogens with zero attached hydrogens (tertiary/aromatic N) is 1. The van der Waals surface area contributed by atoms with Gasteiger partial charge in [-0.1, -0.05) is 17.6 Å². The van der Waals surface area contributed by atoms with Crippen molar-refractivity contribution in [2.75, 3.05) is 31.2 Å². The van der Waals surface area contributed by atoms with E-state index in [1.807, 2.05) is 24.3 Å². The van der Waals surface area contributed by atoms with Crippen molar-refractivity contribution < 1.29 is 9.76 Å². The molecule has 1 saturated heterocycles. The van der Waals surface area contributed by atoms with Crippen LogP contribution < -0.4 is 10.4 Å². The summed E-state index contributed by atoms with van der Waals surface area (Å²) in [6.45, 7) is 3.49. The fourth-order valence-electron chi connectivity index (χ4n) is 1.59. The normalized spacial score (nSPS) is 16.8. The zero-order chi connectivity index (χ0) is 9.80. The highest BCUT2D eigenvalue weighted by Gasteiger charge is 2.10. The van der Waals surface area contributed by atoms with Gasteiger partial charge in [0.2, 0.25) is 0 Å². The van der Waals surface area contributed by atoms with Crippen molar-refractivity contribution in [1.82, 2.24) is 0 Å². The Morgan fingerprint density at radius 1 is 1.14 bits per heavy atom. The number of hydrogen-bond donors (Lipinski definition) is 1. The molecule has 1 aromatic rings. The van der Waals surface area contributed by atoms with Crippen LogP contribution in [0.1, 0.15) is 0 Å². The van der Waals surface area contributed by atoms with Gasteiger partial charge in [0.25, 0.3) is 0 Å². The molecule has 0 aliphatic carbocycles. The first kappa shape index (κ1) is 9.56. The van der Waals surface area contributed by atoms with Crippen LogP contribution in [0, 0.1) is 0 Å². The molecule has 1 aromatic carbocycles. The second-order valence-corrected chi connectivity index (χ2v) is 3.32. The van der Waals surface area contributed by atoms with Crippen molar-refractivity contribution >= 4 is 18.6 Å². The van der Waals surface area contributed by atoms with Crippen molar-refractivity contribution in [3.63, 3.8) is 0 Å². The van der Waals surface area contributed by atoms with Crippen LogP contribution in [0.2, 0.25) is 0 Å². The minimum Gasteiger partial charge on any atom is -0.450 e. The van der Waals surface area contributed by atoms with Crippen LogP contribution in [-0.4, -0.2) is 38.8 Å². The third kappa shape index (κ3) is 2.08. The third-order valence-corrected chi connectivity index (χ3v) is 2.42. The van der Waals surface area contributed by atoms with E-state index in [2.05, 4.69) is 4.90 Å². The van der Waals surface area contributed by atoms with Gasteiger partial charge in [0.1, 0.15) is 0 Å². The Bertz CT molecular complexity index is 283. The Morgan fingerprint density at radius 3 is 2.36 bits per heavy atom. The monoisotopic (exact) mass is 190 g/mol. The zero-order valence-electron chi connectivity index (χ0n) is 8.02. The van der Waals surface area contributed by atoms with E-state index in [4.69, 9.17) is 9.76 Å². The summed E-state index contributed by atoms with van der Waals surface area (Å²) < 4.78 is 5.28. The first-order valence-corrected chi connectivity index (χ1v) is 4.80. The van der Waals surface area contributed by atoms with Crippen LogP contribution in [0.5, 0.6) is 0 Å². The predicted molar refractivity (Wildman–Crippen MR) is 57.1 cm³/mol. The summed E-state index contributed by atoms with van der Waals surface area (Å²) in [7, 11) is 1.11. The molecule has 4 heteroatoms. The lowest BCUT2D eigenvalue weighted by molar-refractivity contribution is 0.122. The lowest BCUT2D eigenvalue weighted by atomic mass is 9.89. The molecule has 3 nitrogen and oxygen atoms in total. The van der Waals surface area contributed by atoms with Crippen molar-refractivity contribution in [2.24, 2.45) is 0 Å². The summed E-state index contributed by atoms with van der Waals surface area (Å²) in [6, 6.07) is 7.86. The second-order valence-electron chi connectivity index (χ2n) is 3.32. The highest BCUT2D eigenvalue weighted by Crippen LogP contribution is 2.13. The van der Waals surface area contributed by atoms with Crippen LogP contribution in [0.25, 0.3) is 0 Å². The minimum atomic E-state index is 0.799. The van der Waals surface area contributed by atoms with E-state index in [0.29, 0.717) is 0 Å². The Kier molecular flexibility index (Phi) is 3.06. The molecule has 0 atom stereocenters. The molecular formula is C10H13BNO2. The topological polar surface area (TPSA) is 32.7 Å². The Morgan fingerprint density at radius 2 is 1.79 bits per heavy atom. The molecule has 0 amide bonds. The van der Waals surface area contributed by atoms with Gasteiger partial charge < -0.3 is 14.7 Å². The molecule has 0 unspecified atom stereocenters. The fourth-order valence-corrected chi connectivity index (χ4v) is 1.59. The lowest BCUT2D eigenvalue weighted by Crippen LogP contribution is -2.36. The molecule has 1 fully saturated rings. The van der Waals surface area contributed by atoms with E-state index in [1.165, 1.54) is 5.69 Å². The molecule has 1 heterocycles. The Hall–Kier alpha value is -0.995. The quantitative estimate of drug-likeness (QED) is 0.653. The number of benzene rings is 1. The lowest BCUT2D eigenvalue weighted by Gasteiger charge is -2.28. The molecular weight excluding hydrogens is 177 g/mol. The van der Waals surface area contributed by atoms with Crippen molar-refractivity contribution in [3.8, 4) is 0 Å². The number of ether oxygens (including phenoxy) is 1. The predicted octanol–water partition coefficient (Wildman–Crippen LogP) is -0.240. The molecule has 0 spiro atoms. The van der Waals surface area contributed by atoms with Gasteiger partial charge in [-0.25, -0.2) is 0 Å². The SMILES string of the molecule is O[B]c1ccc(N2CCOCC2)cc1. The highest BCUT2D eigenvalue weighted by atomic mass is 16.5. The molecule has 0 aromatic heterocycles. The summed E-state index contributed by atoms with van der Waals surface area (Å²) in [5.41, 5.74) is 2.03. The van der Waals surface area contributed by atoms with Crippen LogP contribution >= 0.6 is 0 Å². The maximum atomic E-state index is 8.78. The van der Waals surface area contributed by atoms with Gasteiger partial charge in [0.15, 0.2) is 0 Å². The first-order chi connectivity index (χ1) is 6.90. The van der Waals surface area contributed by atoms with E-state index in [9.17, 15) is 0 Å². The molecule has 14 heavy (non-hydrogen) atoms. The third-order valence-electron chi connectivity index (χ3n) is 2.42. The van der Waals surface area contributed by atoms with E-state index >= 15 is 0 Å². The Labute approximate surface area is 84.6 Å². The van der Waals surface area contributed by atoms with Gasteiger partial charge >= 0.3 is 7.48 Å². The van der Waals surface area contributed by atoms with E-state index in [-0.39, 0.29) is 0 Å². The summed E-state index contributed by atoms with van der Waals surface area (Å²) in [5, 5.41) is 8.78. The minimum absolute atomic E-state index is 0.799. The number of hydrogen-bond acceptors (Lipinski definition) is 3. The van der Waals surface area contributed by atoms with Crippen LogP contribution in [0.3, 0.4) is 0 Å². The average molecular weight is 190 g/mol. The van der Waals surface area contributed by atoms with Gasteiger partial charge in [-0.15, -0.1) is 0 Å². The summed E-state index contributed by atoms with van der Waals surface area (Å²) in [6.07, 6.45) is 0. The summed E-state index contributed by atoms with van der Waals surface area (Å²) >= 11 is 0. The van der Waals surface area contributed by atoms with E-state index in [1.54, 1.807) is 0 Å². The molecule has 1 aliphatic heterocycles. The van der Waals surface area contributed by atoms with Crippen molar-refractivity contribution in [1.29, 1.82) is 0 Å². The maximum absolute atomic E-state index is 8.78. The molecule has 2 rings (SSSR count). The molecule has 1 N–H and O–H groups in total. The molecule has 73 valence electrons. The first-order valence-electron chi connectivity index (χ1n) is 4.80. The summed E-state index contributed by atoms with van der Waals surface area (Å²) in [4.78, 5) is 2.28. The van der Waals surface area contributed by atoms with Crippen LogP contribution in [0.4, 0.5) is 5.69 Å². The van der Waals surface area contributed by atoms with Gasteiger partial charge in [0, 0.05) is 18.8 Å². The van der Waals surface area contributed by atoms with Crippen LogP contribution in [-0.2, 0) is 4.74 Å². The molecule has 1 radical (unpaired) electrons. The van der Waals surface area contributed by atoms with Crippen molar-refractivity contribution in [3.05, 3.63) is 24.3 Å². The largest absolute Gasteiger partial charge is 0.450 e. The molecule has 0 saturated carbocycles. The van der Waals surface area contributed by atoms with E-state index < -0.39 is 0 Å². The summed E-state index contributed by atoms with van der Waals surface area (Å²) in [5.74, 6) is 0. The number of anilines is 1. The maximum Gasteiger partial charge on any atom is 0.326 e. The van der Waals surface area contributed by atoms with Crippen molar-refractivity contribution in [2.45, 2.75) is 0 Å². The highest BCUT2D eigenvalue weighted by molar-refractivity contribution is 6.45. The van der Waals surface area contributed by atoms with Gasteiger partial charge in [0.05, 0.1) is 13.2 Å².